The van der Waals surface area contributed by atoms with Crippen molar-refractivity contribution in [3.63, 3.8) is 0 Å². The van der Waals surface area contributed by atoms with Crippen molar-refractivity contribution >= 4 is 30.7 Å². The van der Waals surface area contributed by atoms with Crippen molar-refractivity contribution in [2.75, 3.05) is 12.3 Å². The predicted octanol–water partition coefficient (Wildman–Crippen LogP) is 3.76. The van der Waals surface area contributed by atoms with Crippen molar-refractivity contribution in [1.29, 1.82) is 0 Å². The lowest BCUT2D eigenvalue weighted by atomic mass is 10.1. The van der Waals surface area contributed by atoms with Crippen LogP contribution in [0.15, 0.2) is 48.8 Å². The van der Waals surface area contributed by atoms with E-state index in [-0.39, 0.29) is 12.0 Å². The number of hydrogen-bond donors (Lipinski definition) is 2. The van der Waals surface area contributed by atoms with Crippen LogP contribution < -0.4 is 14.6 Å². The molecule has 4 nitrogen and oxygen atoms in total. The Labute approximate surface area is 167 Å². The molecule has 1 amide bonds. The highest BCUT2D eigenvalue weighted by molar-refractivity contribution is 7.80. The summed E-state index contributed by atoms with van der Waals surface area (Å²) < 4.78 is 7.75. The summed E-state index contributed by atoms with van der Waals surface area (Å²) in [6.45, 7) is 5.50. The standard InChI is InChI=1S/C22H28N2O2S/c1-18(2)26-21-9-7-19(8-10-21)5-6-20-11-15-24(16-12-20)14-3-4-22(25)23-13-17-27/h5-12,15-16,18H,3-4,13-14,17H2,1-2H3,(H-,23,25,27)/p+1. The monoisotopic (exact) mass is 385 g/mol. The summed E-state index contributed by atoms with van der Waals surface area (Å²) in [4.78, 5) is 11.6. The van der Waals surface area contributed by atoms with Gasteiger partial charge in [0.05, 0.1) is 6.10 Å². The minimum Gasteiger partial charge on any atom is -0.491 e. The van der Waals surface area contributed by atoms with Crippen molar-refractivity contribution < 1.29 is 14.1 Å². The summed E-state index contributed by atoms with van der Waals surface area (Å²) in [6.07, 6.45) is 9.82. The Morgan fingerprint density at radius 2 is 1.74 bits per heavy atom. The van der Waals surface area contributed by atoms with Crippen LogP contribution in [0.25, 0.3) is 12.2 Å². The summed E-state index contributed by atoms with van der Waals surface area (Å²) in [5.41, 5.74) is 2.27. The fourth-order valence-electron chi connectivity index (χ4n) is 2.56. The summed E-state index contributed by atoms with van der Waals surface area (Å²) in [5, 5.41) is 2.83. The Morgan fingerprint density at radius 1 is 1.11 bits per heavy atom. The number of amides is 1. The molecule has 0 spiro atoms. The molecule has 0 aliphatic heterocycles. The fraction of sp³-hybridized carbons (Fsp3) is 0.364. The topological polar surface area (TPSA) is 42.2 Å². The highest BCUT2D eigenvalue weighted by Crippen LogP contribution is 2.15. The number of nitrogens with one attached hydrogen (secondary N) is 1. The molecular formula is C22H29N2O2S+. The normalized spacial score (nSPS) is 11.1. The van der Waals surface area contributed by atoms with E-state index in [1.165, 1.54) is 0 Å². The van der Waals surface area contributed by atoms with E-state index in [1.807, 2.05) is 38.4 Å². The molecule has 27 heavy (non-hydrogen) atoms. The van der Waals surface area contributed by atoms with Gasteiger partial charge in [-0.3, -0.25) is 4.79 Å². The van der Waals surface area contributed by atoms with Crippen molar-refractivity contribution in [3.05, 3.63) is 59.9 Å². The molecule has 144 valence electrons. The van der Waals surface area contributed by atoms with Gasteiger partial charge in [0.25, 0.3) is 0 Å². The van der Waals surface area contributed by atoms with Crippen molar-refractivity contribution in [2.45, 2.75) is 39.3 Å². The molecule has 0 atom stereocenters. The Hall–Kier alpha value is -2.27. The third-order valence-corrected chi connectivity index (χ3v) is 4.11. The van der Waals surface area contributed by atoms with E-state index >= 15 is 0 Å². The Balaban J connectivity index is 1.81. The Bertz CT molecular complexity index is 725. The van der Waals surface area contributed by atoms with Gasteiger partial charge in [0.2, 0.25) is 5.91 Å². The van der Waals surface area contributed by atoms with Gasteiger partial charge >= 0.3 is 0 Å². The summed E-state index contributed by atoms with van der Waals surface area (Å²) in [5.74, 6) is 1.65. The first-order chi connectivity index (χ1) is 13.1. The van der Waals surface area contributed by atoms with Gasteiger partial charge in [-0.15, -0.1) is 0 Å². The van der Waals surface area contributed by atoms with Crippen LogP contribution in [0.3, 0.4) is 0 Å². The first-order valence-electron chi connectivity index (χ1n) is 9.38. The van der Waals surface area contributed by atoms with Crippen LogP contribution in [0.1, 0.15) is 37.8 Å². The third kappa shape index (κ3) is 8.31. The van der Waals surface area contributed by atoms with Crippen LogP contribution >= 0.6 is 12.6 Å². The lowest BCUT2D eigenvalue weighted by Crippen LogP contribution is -2.33. The smallest absolute Gasteiger partial charge is 0.220 e. The lowest BCUT2D eigenvalue weighted by molar-refractivity contribution is -0.697. The van der Waals surface area contributed by atoms with Gasteiger partial charge in [0, 0.05) is 37.3 Å². The number of aryl methyl sites for hydroxylation is 1. The number of benzene rings is 1. The Kier molecular flexibility index (Phi) is 8.92. The zero-order valence-electron chi connectivity index (χ0n) is 16.1. The van der Waals surface area contributed by atoms with E-state index in [9.17, 15) is 4.79 Å². The molecule has 0 saturated carbocycles. The van der Waals surface area contributed by atoms with Crippen molar-refractivity contribution in [2.24, 2.45) is 0 Å². The molecule has 1 aromatic heterocycles. The number of thiol groups is 1. The van der Waals surface area contributed by atoms with Crippen LogP contribution in [0.4, 0.5) is 0 Å². The largest absolute Gasteiger partial charge is 0.491 e. The summed E-state index contributed by atoms with van der Waals surface area (Å²) >= 11 is 4.08. The molecule has 1 N–H and O–H groups in total. The zero-order chi connectivity index (χ0) is 19.5. The first-order valence-corrected chi connectivity index (χ1v) is 10.0. The quantitative estimate of drug-likeness (QED) is 0.483. The third-order valence-electron chi connectivity index (χ3n) is 3.89. The number of carbonyl (C=O) groups is 1. The molecule has 0 radical (unpaired) electrons. The maximum Gasteiger partial charge on any atom is 0.220 e. The fourth-order valence-corrected chi connectivity index (χ4v) is 2.67. The summed E-state index contributed by atoms with van der Waals surface area (Å²) in [7, 11) is 0. The number of nitrogens with zero attached hydrogens (tertiary/aromatic N) is 1. The highest BCUT2D eigenvalue weighted by atomic mass is 32.1. The lowest BCUT2D eigenvalue weighted by Gasteiger charge is -2.09. The minimum atomic E-state index is 0.0917. The molecule has 1 aromatic carbocycles. The van der Waals surface area contributed by atoms with Crippen LogP contribution in [0.5, 0.6) is 5.75 Å². The van der Waals surface area contributed by atoms with Crippen LogP contribution in [-0.2, 0) is 11.3 Å². The maximum absolute atomic E-state index is 11.6. The highest BCUT2D eigenvalue weighted by Gasteiger charge is 2.04. The van der Waals surface area contributed by atoms with E-state index in [0.717, 1.165) is 29.8 Å². The number of ether oxygens (including phenoxy) is 1. The van der Waals surface area contributed by atoms with E-state index in [0.29, 0.717) is 18.7 Å². The van der Waals surface area contributed by atoms with E-state index in [2.05, 4.69) is 58.9 Å². The van der Waals surface area contributed by atoms with Crippen LogP contribution in [0.2, 0.25) is 0 Å². The zero-order valence-corrected chi connectivity index (χ0v) is 17.0. The van der Waals surface area contributed by atoms with Gasteiger partial charge in [-0.1, -0.05) is 24.3 Å². The summed E-state index contributed by atoms with van der Waals surface area (Å²) in [6, 6.07) is 12.2. The second-order valence-corrected chi connectivity index (χ2v) is 7.06. The van der Waals surface area contributed by atoms with Gasteiger partial charge in [0.1, 0.15) is 12.3 Å². The number of rotatable bonds is 10. The number of pyridine rings is 1. The molecule has 5 heteroatoms. The van der Waals surface area contributed by atoms with Crippen molar-refractivity contribution in [1.82, 2.24) is 5.32 Å². The second kappa shape index (κ2) is 11.4. The molecule has 0 fully saturated rings. The van der Waals surface area contributed by atoms with Gasteiger partial charge in [-0.2, -0.15) is 12.6 Å². The SMILES string of the molecule is CC(C)Oc1ccc(C=Cc2cc[n+](CCCC(=O)NCCS)cc2)cc1. The Morgan fingerprint density at radius 3 is 2.33 bits per heavy atom. The molecule has 0 saturated heterocycles. The number of carbonyl (C=O) groups excluding carboxylic acids is 1. The molecule has 0 aliphatic carbocycles. The predicted molar refractivity (Wildman–Crippen MR) is 114 cm³/mol. The molecule has 2 rings (SSSR count). The molecule has 1 heterocycles. The van der Waals surface area contributed by atoms with Gasteiger partial charge in [-0.25, -0.2) is 4.57 Å². The van der Waals surface area contributed by atoms with Crippen LogP contribution in [-0.4, -0.2) is 24.3 Å². The molecule has 0 aliphatic rings. The molecule has 0 unspecified atom stereocenters. The van der Waals surface area contributed by atoms with Crippen LogP contribution in [0, 0.1) is 0 Å². The maximum atomic E-state index is 11.6. The second-order valence-electron chi connectivity index (χ2n) is 6.62. The molecular weight excluding hydrogens is 356 g/mol. The number of aromatic nitrogens is 1. The average molecular weight is 386 g/mol. The molecule has 2 aromatic rings. The van der Waals surface area contributed by atoms with Gasteiger partial charge in [-0.05, 0) is 37.1 Å². The first kappa shape index (κ1) is 21.0. The average Bonchev–Trinajstić information content (AvgIpc) is 2.66. The van der Waals surface area contributed by atoms with E-state index in [4.69, 9.17) is 4.74 Å². The van der Waals surface area contributed by atoms with Gasteiger partial charge in [0.15, 0.2) is 12.4 Å². The van der Waals surface area contributed by atoms with E-state index < -0.39 is 0 Å². The molecule has 0 bridgehead atoms. The minimum absolute atomic E-state index is 0.0917. The number of hydrogen-bond acceptors (Lipinski definition) is 3. The van der Waals surface area contributed by atoms with E-state index in [1.54, 1.807) is 0 Å². The van der Waals surface area contributed by atoms with Gasteiger partial charge < -0.3 is 10.1 Å². The van der Waals surface area contributed by atoms with Crippen molar-refractivity contribution in [3.8, 4) is 5.75 Å².